The van der Waals surface area contributed by atoms with Crippen LogP contribution in [-0.4, -0.2) is 78.5 Å². The highest BCUT2D eigenvalue weighted by atomic mass is 31.2. The predicted molar refractivity (Wildman–Crippen MR) is 114 cm³/mol. The molecule has 2 atom stereocenters. The lowest BCUT2D eigenvalue weighted by atomic mass is 9.95. The van der Waals surface area contributed by atoms with E-state index in [2.05, 4.69) is 4.74 Å². The molecule has 0 aromatic rings. The second-order valence-corrected chi connectivity index (χ2v) is 11.1. The van der Waals surface area contributed by atoms with Gasteiger partial charge in [0.1, 0.15) is 17.4 Å². The molecule has 1 rings (SSSR count). The van der Waals surface area contributed by atoms with E-state index in [1.165, 1.54) is 27.7 Å². The Balaban J connectivity index is 3.77. The molecule has 0 aromatic heterocycles. The monoisotopic (exact) mass is 517 g/mol. The van der Waals surface area contributed by atoms with E-state index in [0.29, 0.717) is 6.92 Å². The normalized spacial score (nSPS) is 20.4. The minimum atomic E-state index is -5.33. The van der Waals surface area contributed by atoms with Crippen LogP contribution in [0, 0.1) is 0 Å². The number of hydrogen-bond donors (Lipinski definition) is 0. The Labute approximate surface area is 197 Å². The number of carbonyl (C=O) groups is 3. The van der Waals surface area contributed by atoms with Crippen molar-refractivity contribution in [1.82, 2.24) is 4.90 Å². The van der Waals surface area contributed by atoms with Gasteiger partial charge < -0.3 is 28.0 Å². The van der Waals surface area contributed by atoms with Gasteiger partial charge >= 0.3 is 31.3 Å². The maximum Gasteiger partial charge on any atom is 0.418 e. The van der Waals surface area contributed by atoms with Crippen LogP contribution in [0.2, 0.25) is 0 Å². The number of rotatable bonds is 8. The van der Waals surface area contributed by atoms with Crippen LogP contribution in [-0.2, 0) is 42.1 Å². The molecule has 1 amide bonds. The Kier molecular flexibility index (Phi) is 9.27. The number of nitrogens with zero attached hydrogens (tertiary/aromatic N) is 1. The average Bonchev–Trinajstić information content (AvgIpc) is 3.01. The van der Waals surface area contributed by atoms with Crippen LogP contribution in [0.25, 0.3) is 0 Å². The maximum absolute atomic E-state index is 16.1. The van der Waals surface area contributed by atoms with Gasteiger partial charge in [-0.05, 0) is 55.4 Å². The predicted octanol–water partition coefficient (Wildman–Crippen LogP) is 3.69. The Hall–Kier alpha value is -1.82. The van der Waals surface area contributed by atoms with Gasteiger partial charge in [0.15, 0.2) is 0 Å². The van der Waals surface area contributed by atoms with Gasteiger partial charge in [0.25, 0.3) is 0 Å². The Bertz CT molecular complexity index is 819. The molecule has 14 heteroatoms. The molecule has 1 aliphatic rings. The van der Waals surface area contributed by atoms with Gasteiger partial charge in [-0.1, -0.05) is 0 Å². The largest absolute Gasteiger partial charge is 0.461 e. The molecule has 0 saturated carbocycles. The van der Waals surface area contributed by atoms with Crippen molar-refractivity contribution in [3.63, 3.8) is 0 Å². The van der Waals surface area contributed by atoms with Crippen molar-refractivity contribution < 1.29 is 55.7 Å². The van der Waals surface area contributed by atoms with Gasteiger partial charge in [0.2, 0.25) is 5.60 Å². The Morgan fingerprint density at radius 3 is 1.94 bits per heavy atom. The second-order valence-electron chi connectivity index (χ2n) is 8.99. The molecule has 1 heterocycles. The van der Waals surface area contributed by atoms with Gasteiger partial charge in [-0.2, -0.15) is 8.78 Å². The van der Waals surface area contributed by atoms with Crippen molar-refractivity contribution >= 4 is 25.6 Å². The molecule has 34 heavy (non-hydrogen) atoms. The Morgan fingerprint density at radius 2 is 1.53 bits per heavy atom. The lowest BCUT2D eigenvalue weighted by Crippen LogP contribution is -2.65. The molecule has 1 unspecified atom stereocenters. The first-order valence-electron chi connectivity index (χ1n) is 10.6. The summed E-state index contributed by atoms with van der Waals surface area (Å²) in [4.78, 5) is 37.9. The van der Waals surface area contributed by atoms with Crippen LogP contribution in [0.1, 0.15) is 55.4 Å². The van der Waals surface area contributed by atoms with Gasteiger partial charge in [0, 0.05) is 0 Å². The third kappa shape index (κ3) is 5.87. The van der Waals surface area contributed by atoms with Crippen molar-refractivity contribution in [2.45, 2.75) is 84.0 Å². The zero-order valence-electron chi connectivity index (χ0n) is 20.9. The first-order chi connectivity index (χ1) is 15.3. The van der Waals surface area contributed by atoms with E-state index in [0.717, 1.165) is 12.0 Å². The second kappa shape index (κ2) is 10.4. The van der Waals surface area contributed by atoms with Crippen molar-refractivity contribution in [2.24, 2.45) is 0 Å². The lowest BCUT2D eigenvalue weighted by Gasteiger charge is -2.45. The van der Waals surface area contributed by atoms with Crippen LogP contribution in [0.5, 0.6) is 0 Å². The summed E-state index contributed by atoms with van der Waals surface area (Å²) in [6, 6.07) is -1.78. The fourth-order valence-electron chi connectivity index (χ4n) is 3.32. The molecule has 0 aromatic carbocycles. The summed E-state index contributed by atoms with van der Waals surface area (Å²) in [5, 5.41) is 0. The third-order valence-electron chi connectivity index (χ3n) is 4.91. The molecular weight excluding hydrogens is 483 g/mol. The van der Waals surface area contributed by atoms with Crippen LogP contribution in [0.15, 0.2) is 0 Å². The standard InChI is InChI=1S/C20H34F2NO10P/c1-10-30-34(27,31-11-2)20(21,22)19(8,32-15(25)14(24)28-9)13-12-29-18(6,7)23(13)16(26)33-17(3,4)5/h13H,10-12H2,1-9H3/t13-,19?/m1/s1. The molecular formula is C20H34F2NO10P. The zero-order chi connectivity index (χ0) is 26.8. The Morgan fingerprint density at radius 1 is 1.03 bits per heavy atom. The van der Waals surface area contributed by atoms with E-state index < -0.39 is 74.1 Å². The summed E-state index contributed by atoms with van der Waals surface area (Å²) in [5.74, 6) is -3.40. The van der Waals surface area contributed by atoms with Crippen LogP contribution in [0.4, 0.5) is 13.6 Å². The first kappa shape index (κ1) is 30.2. The van der Waals surface area contributed by atoms with Gasteiger partial charge in [0.05, 0.1) is 26.9 Å². The smallest absolute Gasteiger partial charge is 0.418 e. The molecule has 0 radical (unpaired) electrons. The number of halogens is 2. The highest BCUT2D eigenvalue weighted by molar-refractivity contribution is 7.55. The molecule has 0 bridgehead atoms. The molecule has 1 saturated heterocycles. The quantitative estimate of drug-likeness (QED) is 0.204. The van der Waals surface area contributed by atoms with Crippen molar-refractivity contribution in [3.05, 3.63) is 0 Å². The number of alkyl halides is 2. The van der Waals surface area contributed by atoms with E-state index >= 15 is 8.78 Å². The molecule has 198 valence electrons. The molecule has 0 spiro atoms. The highest BCUT2D eigenvalue weighted by Gasteiger charge is 2.74. The first-order valence-corrected chi connectivity index (χ1v) is 12.1. The SMILES string of the molecule is CCOP(=O)(OCC)C(F)(F)C(C)(OC(=O)C(=O)OC)[C@H]1COC(C)(C)N1C(=O)OC(C)(C)C. The summed E-state index contributed by atoms with van der Waals surface area (Å²) in [6.45, 7) is 9.38. The number of methoxy groups -OCH3 is 1. The number of carbonyl (C=O) groups excluding carboxylic acids is 3. The molecule has 0 N–H and O–H groups in total. The lowest BCUT2D eigenvalue weighted by molar-refractivity contribution is -0.208. The summed E-state index contributed by atoms with van der Waals surface area (Å²) < 4.78 is 75.3. The molecule has 1 aliphatic heterocycles. The van der Waals surface area contributed by atoms with E-state index in [4.69, 9.17) is 23.3 Å². The van der Waals surface area contributed by atoms with Gasteiger partial charge in [-0.3, -0.25) is 9.46 Å². The minimum absolute atomic E-state index is 0.434. The maximum atomic E-state index is 16.1. The third-order valence-corrected chi connectivity index (χ3v) is 7.24. The fourth-order valence-corrected chi connectivity index (χ4v) is 5.14. The van der Waals surface area contributed by atoms with Crippen LogP contribution >= 0.6 is 7.60 Å². The summed E-state index contributed by atoms with van der Waals surface area (Å²) in [7, 11) is -4.48. The van der Waals surface area contributed by atoms with Crippen molar-refractivity contribution in [2.75, 3.05) is 26.9 Å². The van der Waals surface area contributed by atoms with Crippen LogP contribution < -0.4 is 0 Å². The summed E-state index contributed by atoms with van der Waals surface area (Å²) in [6.07, 6.45) is -1.07. The van der Waals surface area contributed by atoms with Gasteiger partial charge in [-0.15, -0.1) is 0 Å². The number of amides is 1. The molecule has 1 fully saturated rings. The van der Waals surface area contributed by atoms with E-state index in [9.17, 15) is 18.9 Å². The van der Waals surface area contributed by atoms with Crippen molar-refractivity contribution in [1.29, 1.82) is 0 Å². The number of esters is 2. The van der Waals surface area contributed by atoms with Crippen LogP contribution in [0.3, 0.4) is 0 Å². The fraction of sp³-hybridized carbons (Fsp3) is 0.850. The summed E-state index contributed by atoms with van der Waals surface area (Å²) >= 11 is 0. The molecule has 0 aliphatic carbocycles. The van der Waals surface area contributed by atoms with Crippen molar-refractivity contribution in [3.8, 4) is 0 Å². The number of hydrogen-bond acceptors (Lipinski definition) is 10. The average molecular weight is 517 g/mol. The van der Waals surface area contributed by atoms with E-state index in [-0.39, 0.29) is 0 Å². The topological polar surface area (TPSA) is 127 Å². The summed E-state index contributed by atoms with van der Waals surface area (Å²) in [5.41, 5.74) is -10.2. The zero-order valence-corrected chi connectivity index (χ0v) is 21.8. The van der Waals surface area contributed by atoms with E-state index in [1.54, 1.807) is 20.8 Å². The van der Waals surface area contributed by atoms with E-state index in [1.807, 2.05) is 0 Å². The van der Waals surface area contributed by atoms with Gasteiger partial charge in [-0.25, -0.2) is 14.4 Å². The highest BCUT2D eigenvalue weighted by Crippen LogP contribution is 2.67. The number of ether oxygens (including phenoxy) is 4. The minimum Gasteiger partial charge on any atom is -0.461 e. The molecule has 11 nitrogen and oxygen atoms in total.